The molecule has 0 amide bonds. The lowest BCUT2D eigenvalue weighted by Gasteiger charge is -2.20. The summed E-state index contributed by atoms with van der Waals surface area (Å²) in [7, 11) is 0. The van der Waals surface area contributed by atoms with E-state index in [-0.39, 0.29) is 0 Å². The molecule has 1 aliphatic heterocycles. The lowest BCUT2D eigenvalue weighted by Crippen LogP contribution is -2.26. The smallest absolute Gasteiger partial charge is 0.213 e. The van der Waals surface area contributed by atoms with Crippen molar-refractivity contribution in [2.24, 2.45) is 0 Å². The third-order valence-electron chi connectivity index (χ3n) is 2.36. The molecular formula is C9H13BrN2O. The van der Waals surface area contributed by atoms with E-state index in [1.165, 1.54) is 12.8 Å². The average molecular weight is 245 g/mol. The van der Waals surface area contributed by atoms with Gasteiger partial charge < -0.3 is 9.73 Å². The number of nitrogens with one attached hydrogen (secondary N) is 1. The molecule has 1 aromatic heterocycles. The summed E-state index contributed by atoms with van der Waals surface area (Å²) in [5.41, 5.74) is 0.933. The number of nitrogens with zero attached hydrogens (tertiary/aromatic N) is 1. The first-order valence-corrected chi connectivity index (χ1v) is 5.43. The molecule has 1 unspecified atom stereocenters. The number of aryl methyl sites for hydroxylation is 1. The largest absolute Gasteiger partial charge is 0.432 e. The van der Waals surface area contributed by atoms with Crippen LogP contribution in [0.2, 0.25) is 0 Å². The highest BCUT2D eigenvalue weighted by Crippen LogP contribution is 2.26. The molecule has 1 aromatic rings. The van der Waals surface area contributed by atoms with E-state index in [9.17, 15) is 0 Å². The van der Waals surface area contributed by atoms with Crippen LogP contribution in [-0.2, 0) is 0 Å². The van der Waals surface area contributed by atoms with E-state index in [1.54, 1.807) is 0 Å². The summed E-state index contributed by atoms with van der Waals surface area (Å²) in [4.78, 5) is 4.36. The molecule has 1 N–H and O–H groups in total. The molecule has 4 heteroatoms. The van der Waals surface area contributed by atoms with Crippen LogP contribution in [-0.4, -0.2) is 11.5 Å². The zero-order valence-corrected chi connectivity index (χ0v) is 9.23. The molecule has 1 saturated heterocycles. The van der Waals surface area contributed by atoms with E-state index in [0.717, 1.165) is 29.2 Å². The Bertz CT molecular complexity index is 272. The number of hydrogen-bond acceptors (Lipinski definition) is 3. The van der Waals surface area contributed by atoms with Crippen LogP contribution in [0.3, 0.4) is 0 Å². The standard InChI is InChI=1S/C9H13BrN2O/c1-6-8(10)13-9(12-6)7-4-2-3-5-11-7/h7,11H,2-5H2,1H3. The van der Waals surface area contributed by atoms with E-state index in [1.807, 2.05) is 6.92 Å². The number of aromatic nitrogens is 1. The van der Waals surface area contributed by atoms with Gasteiger partial charge in [-0.3, -0.25) is 0 Å². The van der Waals surface area contributed by atoms with Crippen LogP contribution in [0.1, 0.15) is 36.9 Å². The van der Waals surface area contributed by atoms with Gasteiger partial charge in [-0.2, -0.15) is 0 Å². The maximum atomic E-state index is 5.50. The molecule has 3 nitrogen and oxygen atoms in total. The second kappa shape index (κ2) is 3.80. The summed E-state index contributed by atoms with van der Waals surface area (Å²) >= 11 is 3.33. The van der Waals surface area contributed by atoms with Crippen LogP contribution in [0, 0.1) is 6.92 Å². The highest BCUT2D eigenvalue weighted by molar-refractivity contribution is 9.10. The summed E-state index contributed by atoms with van der Waals surface area (Å²) in [5, 5.41) is 3.40. The average Bonchev–Trinajstić information content (AvgIpc) is 2.49. The molecule has 0 spiro atoms. The highest BCUT2D eigenvalue weighted by Gasteiger charge is 2.20. The van der Waals surface area contributed by atoms with Gasteiger partial charge in [0.15, 0.2) is 4.67 Å². The van der Waals surface area contributed by atoms with Gasteiger partial charge in [-0.15, -0.1) is 0 Å². The van der Waals surface area contributed by atoms with E-state index in [4.69, 9.17) is 4.42 Å². The molecule has 72 valence electrons. The SMILES string of the molecule is Cc1nc(C2CCCCN2)oc1Br. The van der Waals surface area contributed by atoms with Crippen molar-refractivity contribution in [1.82, 2.24) is 10.3 Å². The third kappa shape index (κ3) is 1.94. The number of halogens is 1. The molecule has 0 aromatic carbocycles. The summed E-state index contributed by atoms with van der Waals surface area (Å²) in [6.07, 6.45) is 3.65. The molecular weight excluding hydrogens is 232 g/mol. The van der Waals surface area contributed by atoms with Gasteiger partial charge >= 0.3 is 0 Å². The number of oxazole rings is 1. The summed E-state index contributed by atoms with van der Waals surface area (Å²) < 4.78 is 6.26. The van der Waals surface area contributed by atoms with Crippen molar-refractivity contribution in [3.63, 3.8) is 0 Å². The molecule has 0 radical (unpaired) electrons. The fourth-order valence-electron chi connectivity index (χ4n) is 1.61. The Morgan fingerprint density at radius 2 is 2.38 bits per heavy atom. The lowest BCUT2D eigenvalue weighted by molar-refractivity contribution is 0.333. The predicted molar refractivity (Wildman–Crippen MR) is 53.5 cm³/mol. The fraction of sp³-hybridized carbons (Fsp3) is 0.667. The first-order chi connectivity index (χ1) is 6.27. The van der Waals surface area contributed by atoms with Crippen molar-refractivity contribution in [3.05, 3.63) is 16.3 Å². The first kappa shape index (κ1) is 9.21. The predicted octanol–water partition coefficient (Wildman–Crippen LogP) is 2.56. The van der Waals surface area contributed by atoms with E-state index in [0.29, 0.717) is 6.04 Å². The summed E-state index contributed by atoms with van der Waals surface area (Å²) in [5.74, 6) is 0.823. The quantitative estimate of drug-likeness (QED) is 0.826. The Balaban J connectivity index is 2.14. The number of hydrogen-bond donors (Lipinski definition) is 1. The van der Waals surface area contributed by atoms with Crippen LogP contribution >= 0.6 is 15.9 Å². The van der Waals surface area contributed by atoms with Crippen molar-refractivity contribution in [2.75, 3.05) is 6.54 Å². The minimum atomic E-state index is 0.318. The van der Waals surface area contributed by atoms with Gasteiger partial charge in [0.1, 0.15) is 0 Å². The minimum absolute atomic E-state index is 0.318. The monoisotopic (exact) mass is 244 g/mol. The Labute approximate surface area is 86.0 Å². The van der Waals surface area contributed by atoms with Gasteiger partial charge in [-0.25, -0.2) is 4.98 Å². The van der Waals surface area contributed by atoms with E-state index < -0.39 is 0 Å². The Hall–Kier alpha value is -0.350. The molecule has 1 atom stereocenters. The maximum Gasteiger partial charge on any atom is 0.213 e. The van der Waals surface area contributed by atoms with Gasteiger partial charge in [0.25, 0.3) is 0 Å². The summed E-state index contributed by atoms with van der Waals surface area (Å²) in [6, 6.07) is 0.318. The molecule has 0 saturated carbocycles. The molecule has 0 aliphatic carbocycles. The van der Waals surface area contributed by atoms with Crippen LogP contribution in [0.25, 0.3) is 0 Å². The molecule has 1 aliphatic rings. The topological polar surface area (TPSA) is 38.1 Å². The molecule has 13 heavy (non-hydrogen) atoms. The molecule has 0 bridgehead atoms. The number of piperidine rings is 1. The van der Waals surface area contributed by atoms with Crippen LogP contribution < -0.4 is 5.32 Å². The summed E-state index contributed by atoms with van der Waals surface area (Å²) in [6.45, 7) is 3.02. The zero-order valence-electron chi connectivity index (χ0n) is 7.64. The van der Waals surface area contributed by atoms with Gasteiger partial charge in [-0.05, 0) is 42.2 Å². The Kier molecular flexibility index (Phi) is 2.69. The first-order valence-electron chi connectivity index (χ1n) is 4.63. The van der Waals surface area contributed by atoms with Crippen molar-refractivity contribution in [1.29, 1.82) is 0 Å². The van der Waals surface area contributed by atoms with Crippen LogP contribution in [0.15, 0.2) is 9.09 Å². The van der Waals surface area contributed by atoms with Crippen LogP contribution in [0.4, 0.5) is 0 Å². The molecule has 1 fully saturated rings. The van der Waals surface area contributed by atoms with Gasteiger partial charge in [-0.1, -0.05) is 6.42 Å². The molecule has 2 heterocycles. The van der Waals surface area contributed by atoms with E-state index in [2.05, 4.69) is 26.2 Å². The normalized spacial score (nSPS) is 23.4. The minimum Gasteiger partial charge on any atom is -0.432 e. The van der Waals surface area contributed by atoms with Crippen molar-refractivity contribution in [3.8, 4) is 0 Å². The second-order valence-electron chi connectivity index (χ2n) is 3.41. The number of rotatable bonds is 1. The van der Waals surface area contributed by atoms with E-state index >= 15 is 0 Å². The Morgan fingerprint density at radius 3 is 2.92 bits per heavy atom. The lowest BCUT2D eigenvalue weighted by atomic mass is 10.1. The Morgan fingerprint density at radius 1 is 1.54 bits per heavy atom. The second-order valence-corrected chi connectivity index (χ2v) is 4.13. The van der Waals surface area contributed by atoms with Gasteiger partial charge in [0, 0.05) is 0 Å². The zero-order chi connectivity index (χ0) is 9.26. The van der Waals surface area contributed by atoms with Gasteiger partial charge in [0.2, 0.25) is 5.89 Å². The third-order valence-corrected chi connectivity index (χ3v) is 3.10. The maximum absolute atomic E-state index is 5.50. The van der Waals surface area contributed by atoms with Crippen molar-refractivity contribution < 1.29 is 4.42 Å². The van der Waals surface area contributed by atoms with Gasteiger partial charge in [0.05, 0.1) is 11.7 Å². The molecule has 2 rings (SSSR count). The highest BCUT2D eigenvalue weighted by atomic mass is 79.9. The van der Waals surface area contributed by atoms with Crippen molar-refractivity contribution in [2.45, 2.75) is 32.2 Å². The van der Waals surface area contributed by atoms with Crippen LogP contribution in [0.5, 0.6) is 0 Å². The van der Waals surface area contributed by atoms with Crippen molar-refractivity contribution >= 4 is 15.9 Å². The fourth-order valence-corrected chi connectivity index (χ4v) is 1.86.